The van der Waals surface area contributed by atoms with E-state index in [1.165, 1.54) is 33.3 Å². The molecule has 2 aliphatic heterocycles. The number of aryl methyl sites for hydroxylation is 1. The quantitative estimate of drug-likeness (QED) is 0.696. The van der Waals surface area contributed by atoms with Gasteiger partial charge in [-0.2, -0.15) is 0 Å². The van der Waals surface area contributed by atoms with Crippen LogP contribution >= 0.6 is 0 Å². The van der Waals surface area contributed by atoms with E-state index in [1.807, 2.05) is 0 Å². The van der Waals surface area contributed by atoms with E-state index >= 15 is 0 Å². The molecule has 1 aromatic heterocycles. The summed E-state index contributed by atoms with van der Waals surface area (Å²) in [5.74, 6) is 0.432. The molecule has 3 heterocycles. The fraction of sp³-hybridized carbons (Fsp3) is 0.391. The first-order chi connectivity index (χ1) is 13.2. The van der Waals surface area contributed by atoms with Crippen LogP contribution in [0.25, 0.3) is 10.9 Å². The summed E-state index contributed by atoms with van der Waals surface area (Å²) in [7, 11) is 4.34. The van der Waals surface area contributed by atoms with Crippen LogP contribution in [0.2, 0.25) is 0 Å². The first kappa shape index (κ1) is 16.8. The van der Waals surface area contributed by atoms with Crippen molar-refractivity contribution >= 4 is 16.6 Å². The fourth-order valence-electron chi connectivity index (χ4n) is 4.65. The molecule has 1 fully saturated rings. The monoisotopic (exact) mass is 361 g/mol. The molecule has 0 spiro atoms. The number of hydrogen-bond donors (Lipinski definition) is 0. The van der Waals surface area contributed by atoms with Gasteiger partial charge in [0.15, 0.2) is 0 Å². The lowest BCUT2D eigenvalue weighted by Gasteiger charge is -2.35. The van der Waals surface area contributed by atoms with Crippen LogP contribution in [0.3, 0.4) is 0 Å². The predicted octanol–water partition coefficient (Wildman–Crippen LogP) is 3.59. The number of rotatable bonds is 2. The smallest absolute Gasteiger partial charge is 0.0642 e. The third-order valence-electron chi connectivity index (χ3n) is 6.12. The zero-order valence-corrected chi connectivity index (χ0v) is 16.2. The van der Waals surface area contributed by atoms with Crippen LogP contribution < -0.4 is 4.90 Å². The van der Waals surface area contributed by atoms with Crippen LogP contribution in [0, 0.1) is 0 Å². The summed E-state index contributed by atoms with van der Waals surface area (Å²) in [4.78, 5) is 4.90. The van der Waals surface area contributed by atoms with E-state index in [-0.39, 0.29) is 0 Å². The Bertz CT molecular complexity index is 971. The minimum Gasteiger partial charge on any atom is -0.378 e. The molecular weight excluding hydrogens is 334 g/mol. The van der Waals surface area contributed by atoms with E-state index in [2.05, 4.69) is 77.1 Å². The number of likely N-dealkylation sites (N-methyl/N-ethyl adjacent to an activating group) is 1. The molecular formula is C23H27N3O. The third-order valence-corrected chi connectivity index (χ3v) is 6.12. The molecule has 3 aromatic rings. The van der Waals surface area contributed by atoms with Crippen LogP contribution in [-0.4, -0.2) is 49.4 Å². The number of fused-ring (bicyclic) bond motifs is 2. The molecule has 0 saturated carbocycles. The molecule has 2 aromatic carbocycles. The summed E-state index contributed by atoms with van der Waals surface area (Å²) in [5.41, 5.74) is 7.00. The van der Waals surface area contributed by atoms with Crippen molar-refractivity contribution in [3.8, 4) is 0 Å². The SMILES string of the molecule is CN1Cc2cc(N3CCOCC3)ccc2C(c2ccc3c(ccn3C)c2)C1. The highest BCUT2D eigenvalue weighted by atomic mass is 16.5. The van der Waals surface area contributed by atoms with Gasteiger partial charge in [-0.1, -0.05) is 12.1 Å². The van der Waals surface area contributed by atoms with Crippen LogP contribution in [0.1, 0.15) is 22.6 Å². The minimum absolute atomic E-state index is 0.432. The molecule has 2 aliphatic rings. The van der Waals surface area contributed by atoms with Crippen LogP contribution in [0.15, 0.2) is 48.7 Å². The highest BCUT2D eigenvalue weighted by Gasteiger charge is 2.26. The van der Waals surface area contributed by atoms with E-state index < -0.39 is 0 Å². The maximum absolute atomic E-state index is 5.51. The number of aromatic nitrogens is 1. The molecule has 27 heavy (non-hydrogen) atoms. The van der Waals surface area contributed by atoms with E-state index in [1.54, 1.807) is 0 Å². The van der Waals surface area contributed by atoms with Gasteiger partial charge in [-0.25, -0.2) is 0 Å². The number of morpholine rings is 1. The van der Waals surface area contributed by atoms with Gasteiger partial charge >= 0.3 is 0 Å². The first-order valence-corrected chi connectivity index (χ1v) is 9.88. The lowest BCUT2D eigenvalue weighted by Crippen LogP contribution is -2.36. The zero-order valence-electron chi connectivity index (χ0n) is 16.2. The lowest BCUT2D eigenvalue weighted by molar-refractivity contribution is 0.122. The van der Waals surface area contributed by atoms with Gasteiger partial charge in [0.05, 0.1) is 13.2 Å². The van der Waals surface area contributed by atoms with Crippen molar-refractivity contribution in [2.45, 2.75) is 12.5 Å². The van der Waals surface area contributed by atoms with E-state index in [0.29, 0.717) is 5.92 Å². The number of ether oxygens (including phenoxy) is 1. The lowest BCUT2D eigenvalue weighted by atomic mass is 9.84. The molecule has 1 atom stereocenters. The van der Waals surface area contributed by atoms with E-state index in [9.17, 15) is 0 Å². The molecule has 140 valence electrons. The van der Waals surface area contributed by atoms with Gasteiger partial charge in [0.1, 0.15) is 0 Å². The number of benzene rings is 2. The van der Waals surface area contributed by atoms with Gasteiger partial charge in [-0.05, 0) is 59.5 Å². The summed E-state index contributed by atoms with van der Waals surface area (Å²) in [6.45, 7) is 5.73. The number of anilines is 1. The molecule has 4 heteroatoms. The average Bonchev–Trinajstić information content (AvgIpc) is 3.08. The van der Waals surface area contributed by atoms with Gasteiger partial charge in [-0.3, -0.25) is 0 Å². The van der Waals surface area contributed by atoms with Crippen LogP contribution in [-0.2, 0) is 18.3 Å². The van der Waals surface area contributed by atoms with Crippen molar-refractivity contribution in [1.29, 1.82) is 0 Å². The standard InChI is InChI=1S/C23H27N3O/c1-24-15-19-14-20(26-9-11-27-12-10-26)4-5-21(19)22(16-24)17-3-6-23-18(13-17)7-8-25(23)2/h3-8,13-14,22H,9-12,15-16H2,1-2H3. The molecule has 0 amide bonds. The third kappa shape index (κ3) is 3.03. The van der Waals surface area contributed by atoms with Crippen LogP contribution in [0.4, 0.5) is 5.69 Å². The largest absolute Gasteiger partial charge is 0.378 e. The highest BCUT2D eigenvalue weighted by molar-refractivity contribution is 5.81. The second-order valence-corrected chi connectivity index (χ2v) is 7.98. The second kappa shape index (κ2) is 6.70. The summed E-state index contributed by atoms with van der Waals surface area (Å²) in [5, 5.41) is 1.33. The average molecular weight is 361 g/mol. The van der Waals surface area contributed by atoms with Crippen molar-refractivity contribution in [3.63, 3.8) is 0 Å². The minimum atomic E-state index is 0.432. The summed E-state index contributed by atoms with van der Waals surface area (Å²) in [6, 6.07) is 16.3. The Morgan fingerprint density at radius 2 is 1.81 bits per heavy atom. The highest BCUT2D eigenvalue weighted by Crippen LogP contribution is 2.36. The van der Waals surface area contributed by atoms with Crippen molar-refractivity contribution in [1.82, 2.24) is 9.47 Å². The van der Waals surface area contributed by atoms with E-state index in [4.69, 9.17) is 4.74 Å². The normalized spacial score (nSPS) is 20.8. The molecule has 1 unspecified atom stereocenters. The van der Waals surface area contributed by atoms with Gasteiger partial charge < -0.3 is 19.1 Å². The molecule has 1 saturated heterocycles. The predicted molar refractivity (Wildman–Crippen MR) is 111 cm³/mol. The summed E-state index contributed by atoms with van der Waals surface area (Å²) in [6.07, 6.45) is 2.14. The fourth-order valence-corrected chi connectivity index (χ4v) is 4.65. The summed E-state index contributed by atoms with van der Waals surface area (Å²) < 4.78 is 7.70. The van der Waals surface area contributed by atoms with Crippen molar-refractivity contribution in [3.05, 3.63) is 65.4 Å². The molecule has 0 aliphatic carbocycles. The number of hydrogen-bond acceptors (Lipinski definition) is 3. The Morgan fingerprint density at radius 1 is 0.963 bits per heavy atom. The molecule has 0 bridgehead atoms. The zero-order chi connectivity index (χ0) is 18.4. The van der Waals surface area contributed by atoms with Gasteiger partial charge in [0, 0.05) is 56.5 Å². The Balaban J connectivity index is 1.52. The second-order valence-electron chi connectivity index (χ2n) is 7.98. The van der Waals surface area contributed by atoms with Gasteiger partial charge in [-0.15, -0.1) is 0 Å². The molecule has 0 radical (unpaired) electrons. The first-order valence-electron chi connectivity index (χ1n) is 9.88. The van der Waals surface area contributed by atoms with Gasteiger partial charge in [0.2, 0.25) is 0 Å². The maximum Gasteiger partial charge on any atom is 0.0642 e. The Morgan fingerprint density at radius 3 is 2.67 bits per heavy atom. The van der Waals surface area contributed by atoms with Crippen molar-refractivity contribution < 1.29 is 4.74 Å². The molecule has 5 rings (SSSR count). The van der Waals surface area contributed by atoms with Crippen LogP contribution in [0.5, 0.6) is 0 Å². The Kier molecular flexibility index (Phi) is 4.18. The Labute approximate surface area is 160 Å². The molecule has 0 N–H and O–H groups in total. The molecule has 4 nitrogen and oxygen atoms in total. The number of nitrogens with zero attached hydrogens (tertiary/aromatic N) is 3. The van der Waals surface area contributed by atoms with E-state index in [0.717, 1.165) is 39.4 Å². The topological polar surface area (TPSA) is 20.6 Å². The Hall–Kier alpha value is -2.30. The summed E-state index contributed by atoms with van der Waals surface area (Å²) >= 11 is 0. The van der Waals surface area contributed by atoms with Crippen molar-refractivity contribution in [2.24, 2.45) is 7.05 Å². The van der Waals surface area contributed by atoms with Crippen molar-refractivity contribution in [2.75, 3.05) is 44.8 Å². The maximum atomic E-state index is 5.51. The van der Waals surface area contributed by atoms with Gasteiger partial charge in [0.25, 0.3) is 0 Å².